The number of nitrogens with one attached hydrogen (secondary N) is 1. The summed E-state index contributed by atoms with van der Waals surface area (Å²) in [6, 6.07) is 7.25. The summed E-state index contributed by atoms with van der Waals surface area (Å²) in [7, 11) is 2.05. The Morgan fingerprint density at radius 1 is 1.40 bits per heavy atom. The van der Waals surface area contributed by atoms with E-state index >= 15 is 0 Å². The number of nitrogens with zero attached hydrogens (tertiary/aromatic N) is 1. The van der Waals surface area contributed by atoms with E-state index in [1.165, 1.54) is 25.0 Å². The van der Waals surface area contributed by atoms with Gasteiger partial charge in [-0.1, -0.05) is 0 Å². The Bertz CT molecular complexity index is 304. The molecule has 0 saturated carbocycles. The van der Waals surface area contributed by atoms with Gasteiger partial charge in [0.2, 0.25) is 0 Å². The molecule has 1 heterocycles. The number of anilines is 1. The molecular formula is C12H17FN2. The van der Waals surface area contributed by atoms with Crippen molar-refractivity contribution < 1.29 is 4.39 Å². The standard InChI is InChI=1S/C12H17FN2/c1-15(9-11-3-2-8-14-11)12-6-4-10(13)5-7-12/h4-7,11,14H,2-3,8-9H2,1H3/t11-/m0/s1. The van der Waals surface area contributed by atoms with Gasteiger partial charge < -0.3 is 10.2 Å². The molecule has 82 valence electrons. The molecule has 0 aliphatic carbocycles. The maximum atomic E-state index is 12.7. The predicted octanol–water partition coefficient (Wildman–Crippen LogP) is 2.01. The zero-order valence-corrected chi connectivity index (χ0v) is 9.04. The Morgan fingerprint density at radius 3 is 2.73 bits per heavy atom. The monoisotopic (exact) mass is 208 g/mol. The van der Waals surface area contributed by atoms with Crippen molar-refractivity contribution in [2.24, 2.45) is 0 Å². The molecule has 3 heteroatoms. The van der Waals surface area contributed by atoms with E-state index in [4.69, 9.17) is 0 Å². The molecule has 0 amide bonds. The Kier molecular flexibility index (Phi) is 3.21. The fraction of sp³-hybridized carbons (Fsp3) is 0.500. The lowest BCUT2D eigenvalue weighted by Crippen LogP contribution is -2.35. The van der Waals surface area contributed by atoms with Crippen molar-refractivity contribution in [3.05, 3.63) is 30.1 Å². The van der Waals surface area contributed by atoms with Crippen LogP contribution in [0.4, 0.5) is 10.1 Å². The molecule has 2 nitrogen and oxygen atoms in total. The molecule has 1 aromatic rings. The third-order valence-electron chi connectivity index (χ3n) is 2.92. The molecule has 2 rings (SSSR count). The van der Waals surface area contributed by atoms with Crippen molar-refractivity contribution in [1.82, 2.24) is 5.32 Å². The zero-order valence-electron chi connectivity index (χ0n) is 9.04. The molecule has 1 aliphatic heterocycles. The predicted molar refractivity (Wildman–Crippen MR) is 60.7 cm³/mol. The molecule has 1 atom stereocenters. The number of benzene rings is 1. The highest BCUT2D eigenvalue weighted by molar-refractivity contribution is 5.45. The van der Waals surface area contributed by atoms with Crippen molar-refractivity contribution in [1.29, 1.82) is 0 Å². The molecule has 0 unspecified atom stereocenters. The van der Waals surface area contributed by atoms with Gasteiger partial charge in [0, 0.05) is 25.3 Å². The van der Waals surface area contributed by atoms with Crippen LogP contribution in [0.3, 0.4) is 0 Å². The fourth-order valence-corrected chi connectivity index (χ4v) is 2.04. The first-order valence-corrected chi connectivity index (χ1v) is 5.46. The Morgan fingerprint density at radius 2 is 2.13 bits per heavy atom. The van der Waals surface area contributed by atoms with Crippen LogP contribution in [0.2, 0.25) is 0 Å². The second-order valence-electron chi connectivity index (χ2n) is 4.15. The molecule has 0 radical (unpaired) electrons. The molecule has 15 heavy (non-hydrogen) atoms. The second kappa shape index (κ2) is 4.62. The van der Waals surface area contributed by atoms with Gasteiger partial charge in [-0.15, -0.1) is 0 Å². The molecule has 0 spiro atoms. The van der Waals surface area contributed by atoms with Gasteiger partial charge in [0.1, 0.15) is 5.82 Å². The van der Waals surface area contributed by atoms with Gasteiger partial charge in [0.15, 0.2) is 0 Å². The first-order valence-electron chi connectivity index (χ1n) is 5.46. The Labute approximate surface area is 90.1 Å². The van der Waals surface area contributed by atoms with Crippen LogP contribution in [-0.2, 0) is 0 Å². The molecule has 1 aliphatic rings. The molecule has 1 N–H and O–H groups in total. The molecule has 1 saturated heterocycles. The molecule has 1 fully saturated rings. The van der Waals surface area contributed by atoms with Gasteiger partial charge in [0.25, 0.3) is 0 Å². The highest BCUT2D eigenvalue weighted by Crippen LogP contribution is 2.15. The Hall–Kier alpha value is -1.09. The van der Waals surface area contributed by atoms with Gasteiger partial charge in [-0.05, 0) is 43.7 Å². The largest absolute Gasteiger partial charge is 0.373 e. The van der Waals surface area contributed by atoms with Crippen LogP contribution in [0.15, 0.2) is 24.3 Å². The lowest BCUT2D eigenvalue weighted by molar-refractivity contribution is 0.598. The van der Waals surface area contributed by atoms with Gasteiger partial charge in [-0.25, -0.2) is 4.39 Å². The lowest BCUT2D eigenvalue weighted by atomic mass is 10.2. The van der Waals surface area contributed by atoms with E-state index in [0.29, 0.717) is 6.04 Å². The van der Waals surface area contributed by atoms with Crippen LogP contribution in [0.1, 0.15) is 12.8 Å². The highest BCUT2D eigenvalue weighted by atomic mass is 19.1. The van der Waals surface area contributed by atoms with Gasteiger partial charge >= 0.3 is 0 Å². The maximum Gasteiger partial charge on any atom is 0.123 e. The van der Waals surface area contributed by atoms with Crippen LogP contribution in [0, 0.1) is 5.82 Å². The van der Waals surface area contributed by atoms with E-state index in [0.717, 1.165) is 18.8 Å². The summed E-state index contributed by atoms with van der Waals surface area (Å²) in [6.45, 7) is 2.12. The van der Waals surface area contributed by atoms with E-state index in [2.05, 4.69) is 10.2 Å². The normalized spacial score (nSPS) is 20.5. The van der Waals surface area contributed by atoms with Crippen LogP contribution in [-0.4, -0.2) is 26.2 Å². The summed E-state index contributed by atoms with van der Waals surface area (Å²) in [5.74, 6) is -0.175. The average Bonchev–Trinajstić information content (AvgIpc) is 2.71. The first-order chi connectivity index (χ1) is 7.25. The van der Waals surface area contributed by atoms with E-state index in [-0.39, 0.29) is 5.82 Å². The third-order valence-corrected chi connectivity index (χ3v) is 2.92. The van der Waals surface area contributed by atoms with Crippen LogP contribution in [0.5, 0.6) is 0 Å². The zero-order chi connectivity index (χ0) is 10.7. The van der Waals surface area contributed by atoms with Gasteiger partial charge in [0.05, 0.1) is 0 Å². The Balaban J connectivity index is 1.94. The minimum Gasteiger partial charge on any atom is -0.373 e. The van der Waals surface area contributed by atoms with Crippen molar-refractivity contribution in [2.45, 2.75) is 18.9 Å². The number of likely N-dealkylation sites (N-methyl/N-ethyl adjacent to an activating group) is 1. The van der Waals surface area contributed by atoms with E-state index in [1.807, 2.05) is 19.2 Å². The minimum atomic E-state index is -0.175. The first kappa shape index (κ1) is 10.4. The average molecular weight is 208 g/mol. The number of halogens is 1. The van der Waals surface area contributed by atoms with Crippen molar-refractivity contribution in [3.63, 3.8) is 0 Å². The second-order valence-corrected chi connectivity index (χ2v) is 4.15. The molecule has 0 aromatic heterocycles. The summed E-state index contributed by atoms with van der Waals surface area (Å²) >= 11 is 0. The summed E-state index contributed by atoms with van der Waals surface area (Å²) in [5, 5.41) is 3.45. The van der Waals surface area contributed by atoms with Crippen molar-refractivity contribution in [3.8, 4) is 0 Å². The van der Waals surface area contributed by atoms with Gasteiger partial charge in [-0.3, -0.25) is 0 Å². The molecular weight excluding hydrogens is 191 g/mol. The van der Waals surface area contributed by atoms with Crippen LogP contribution >= 0.6 is 0 Å². The minimum absolute atomic E-state index is 0.175. The number of rotatable bonds is 3. The quantitative estimate of drug-likeness (QED) is 0.817. The third kappa shape index (κ3) is 2.69. The fourth-order valence-electron chi connectivity index (χ4n) is 2.04. The topological polar surface area (TPSA) is 15.3 Å². The van der Waals surface area contributed by atoms with Crippen molar-refractivity contribution in [2.75, 3.05) is 25.0 Å². The van der Waals surface area contributed by atoms with Crippen LogP contribution in [0.25, 0.3) is 0 Å². The number of hydrogen-bond acceptors (Lipinski definition) is 2. The summed E-state index contributed by atoms with van der Waals surface area (Å²) in [4.78, 5) is 2.17. The SMILES string of the molecule is CN(C[C@@H]1CCCN1)c1ccc(F)cc1. The summed E-state index contributed by atoms with van der Waals surface area (Å²) in [5.41, 5.74) is 1.07. The smallest absolute Gasteiger partial charge is 0.123 e. The van der Waals surface area contributed by atoms with Crippen LogP contribution < -0.4 is 10.2 Å². The highest BCUT2D eigenvalue weighted by Gasteiger charge is 2.15. The van der Waals surface area contributed by atoms with E-state index in [1.54, 1.807) is 0 Å². The number of hydrogen-bond donors (Lipinski definition) is 1. The maximum absolute atomic E-state index is 12.7. The summed E-state index contributed by atoms with van der Waals surface area (Å²) < 4.78 is 12.7. The van der Waals surface area contributed by atoms with Gasteiger partial charge in [-0.2, -0.15) is 0 Å². The van der Waals surface area contributed by atoms with E-state index < -0.39 is 0 Å². The lowest BCUT2D eigenvalue weighted by Gasteiger charge is -2.23. The summed E-state index contributed by atoms with van der Waals surface area (Å²) in [6.07, 6.45) is 2.51. The van der Waals surface area contributed by atoms with E-state index in [9.17, 15) is 4.39 Å². The molecule has 0 bridgehead atoms. The van der Waals surface area contributed by atoms with Crippen molar-refractivity contribution >= 4 is 5.69 Å². The molecule has 1 aromatic carbocycles.